The van der Waals surface area contributed by atoms with E-state index in [0.717, 1.165) is 0 Å². The Morgan fingerprint density at radius 3 is 2.40 bits per heavy atom. The number of aromatic nitrogens is 1. The van der Waals surface area contributed by atoms with Crippen molar-refractivity contribution in [3.8, 4) is 5.69 Å². The highest BCUT2D eigenvalue weighted by Crippen LogP contribution is 2.20. The zero-order valence-electron chi connectivity index (χ0n) is 2.68. The van der Waals surface area contributed by atoms with Gasteiger partial charge in [0.1, 0.15) is 0 Å². The fourth-order valence-corrected chi connectivity index (χ4v) is 0.446. The van der Waals surface area contributed by atoms with Crippen LogP contribution in [0.4, 0.5) is 0 Å². The van der Waals surface area contributed by atoms with E-state index in [0.29, 0.717) is 0 Å². The van der Waals surface area contributed by atoms with Crippen LogP contribution in [0.5, 0.6) is 0 Å². The summed E-state index contributed by atoms with van der Waals surface area (Å²) in [7, 11) is 0. The van der Waals surface area contributed by atoms with Crippen molar-refractivity contribution in [2.75, 3.05) is 0 Å². The third-order valence-corrected chi connectivity index (χ3v) is 0.908. The molecule has 2 aliphatic rings. The molecule has 2 rings (SSSR count). The fourth-order valence-electron chi connectivity index (χ4n) is 0.446. The predicted octanol–water partition coefficient (Wildman–Crippen LogP) is 0.791. The van der Waals surface area contributed by atoms with E-state index in [2.05, 4.69) is 16.8 Å². The van der Waals surface area contributed by atoms with E-state index in [1.165, 1.54) is 5.69 Å². The van der Waals surface area contributed by atoms with E-state index in [4.69, 9.17) is 0 Å². The van der Waals surface area contributed by atoms with E-state index in [9.17, 15) is 0 Å². The second-order valence-corrected chi connectivity index (χ2v) is 1.28. The Hall–Kier alpha value is -0.720. The molecule has 24 valence electrons. The molecule has 0 aromatic rings. The lowest BCUT2D eigenvalue weighted by molar-refractivity contribution is 1.20. The molecule has 0 N–H and O–H groups in total. The van der Waals surface area contributed by atoms with Gasteiger partial charge in [-0.15, -0.1) is 0 Å². The predicted molar refractivity (Wildman–Crippen MR) is 19.3 cm³/mol. The second kappa shape index (κ2) is 0.249. The fraction of sp³-hybridized carbons (Fsp3) is 0. The molecular weight excluding hydrogens is 62.1 g/mol. The minimum absolute atomic E-state index is 1.38. The molecule has 0 atom stereocenters. The average Bonchev–Trinajstić information content (AvgIpc) is 1.74. The summed E-state index contributed by atoms with van der Waals surface area (Å²) >= 11 is 0. The first-order valence-electron chi connectivity index (χ1n) is 1.65. The Morgan fingerprint density at radius 2 is 2.40 bits per heavy atom. The number of hydrogen-bond acceptors (Lipinski definition) is 0. The quantitative estimate of drug-likeness (QED) is 0.427. The lowest BCUT2D eigenvalue weighted by Gasteiger charge is -1.82. The molecule has 0 saturated carbocycles. The first-order valence-corrected chi connectivity index (χ1v) is 1.65. The molecule has 0 aliphatic carbocycles. The van der Waals surface area contributed by atoms with E-state index < -0.39 is 0 Å². The zero-order chi connectivity index (χ0) is 3.28. The summed E-state index contributed by atoms with van der Waals surface area (Å²) in [6.07, 6.45) is 4.12. The van der Waals surface area contributed by atoms with E-state index >= 15 is 0 Å². The first kappa shape index (κ1) is 1.65. The van der Waals surface area contributed by atoms with Gasteiger partial charge in [-0.25, -0.2) is 0 Å². The maximum atomic E-state index is 2.08. The summed E-state index contributed by atoms with van der Waals surface area (Å²) in [6.45, 7) is 0. The van der Waals surface area contributed by atoms with Crippen LogP contribution in [0, 0.1) is 0 Å². The monoisotopic (exact) mass is 65.0 g/mol. The van der Waals surface area contributed by atoms with Crippen LogP contribution >= 0.6 is 0 Å². The van der Waals surface area contributed by atoms with Gasteiger partial charge in [0, 0.05) is 12.4 Å². The molecule has 1 nitrogen and oxygen atoms in total. The number of hydrogen-bond donors (Lipinski definition) is 0. The molecule has 0 unspecified atom stereocenters. The van der Waals surface area contributed by atoms with Crippen molar-refractivity contribution in [1.82, 2.24) is 4.57 Å². The standard InChI is InChI=1S/C4H3N/c1-2-5-3-4(1)5/h1-3H. The third kappa shape index (κ3) is 0.0509. The minimum Gasteiger partial charge on any atom is -0.320 e. The van der Waals surface area contributed by atoms with Crippen molar-refractivity contribution in [1.29, 1.82) is 0 Å². The Labute approximate surface area is 29.8 Å². The summed E-state index contributed by atoms with van der Waals surface area (Å²) in [5, 5.41) is 0. The van der Waals surface area contributed by atoms with Gasteiger partial charge in [-0.1, -0.05) is 0 Å². The molecule has 0 radical (unpaired) electrons. The average molecular weight is 65.1 g/mol. The maximum Gasteiger partial charge on any atom is 0.0631 e. The van der Waals surface area contributed by atoms with Crippen LogP contribution < -0.4 is 0 Å². The number of nitrogens with zero attached hydrogens (tertiary/aromatic N) is 1. The van der Waals surface area contributed by atoms with Crippen LogP contribution in [0.3, 0.4) is 0 Å². The maximum absolute atomic E-state index is 2.08. The van der Waals surface area contributed by atoms with Crippen molar-refractivity contribution in [2.45, 2.75) is 0 Å². The third-order valence-electron chi connectivity index (χ3n) is 0.908. The van der Waals surface area contributed by atoms with E-state index in [1.54, 1.807) is 0 Å². The Kier molecular flexibility index (Phi) is 0.0822. The van der Waals surface area contributed by atoms with Crippen molar-refractivity contribution >= 4 is 0 Å². The van der Waals surface area contributed by atoms with Crippen LogP contribution in [0.15, 0.2) is 18.5 Å². The van der Waals surface area contributed by atoms with Crippen molar-refractivity contribution < 1.29 is 0 Å². The molecule has 5 heavy (non-hydrogen) atoms. The Bertz CT molecular complexity index is 128. The molecule has 0 spiro atoms. The smallest absolute Gasteiger partial charge is 0.0631 e. The SMILES string of the molecule is c1cn2cc1-2. The number of fused-ring (bicyclic) bond motifs is 1. The lowest BCUT2D eigenvalue weighted by atomic mass is 10.5. The highest BCUT2D eigenvalue weighted by molar-refractivity contribution is 5.44. The topological polar surface area (TPSA) is 4.93 Å². The molecule has 2 heterocycles. The Morgan fingerprint density at radius 1 is 1.60 bits per heavy atom. The van der Waals surface area contributed by atoms with Crippen LogP contribution in [0.25, 0.3) is 5.69 Å². The Balaban J connectivity index is 3.13. The molecule has 1 heteroatoms. The molecule has 0 saturated heterocycles. The highest BCUT2D eigenvalue weighted by atomic mass is 15.1. The summed E-state index contributed by atoms with van der Waals surface area (Å²) in [5.74, 6) is 0. The van der Waals surface area contributed by atoms with E-state index in [1.807, 2.05) is 6.20 Å². The summed E-state index contributed by atoms with van der Waals surface area (Å²) in [4.78, 5) is 0. The van der Waals surface area contributed by atoms with Crippen molar-refractivity contribution in [3.05, 3.63) is 18.5 Å². The molecule has 2 aliphatic heterocycles. The highest BCUT2D eigenvalue weighted by Gasteiger charge is 2.07. The first-order chi connectivity index (χ1) is 2.47. The van der Waals surface area contributed by atoms with Gasteiger partial charge in [-0.05, 0) is 6.07 Å². The number of rotatable bonds is 0. The van der Waals surface area contributed by atoms with Gasteiger partial charge in [0.05, 0.1) is 5.69 Å². The summed E-state index contributed by atoms with van der Waals surface area (Å²) in [5.41, 5.74) is 1.38. The van der Waals surface area contributed by atoms with Gasteiger partial charge in [0.25, 0.3) is 0 Å². The van der Waals surface area contributed by atoms with E-state index in [-0.39, 0.29) is 0 Å². The van der Waals surface area contributed by atoms with Gasteiger partial charge in [0.2, 0.25) is 0 Å². The lowest BCUT2D eigenvalue weighted by Crippen LogP contribution is -1.71. The normalized spacial score (nSPS) is 12.0. The molecular formula is C4H3N. The second-order valence-electron chi connectivity index (χ2n) is 1.28. The summed E-state index contributed by atoms with van der Waals surface area (Å²) < 4.78 is 2.08. The van der Waals surface area contributed by atoms with Crippen LogP contribution in [0.2, 0.25) is 0 Å². The molecule has 0 aromatic heterocycles. The van der Waals surface area contributed by atoms with Crippen molar-refractivity contribution in [3.63, 3.8) is 0 Å². The van der Waals surface area contributed by atoms with Gasteiger partial charge >= 0.3 is 0 Å². The molecule has 0 aromatic carbocycles. The van der Waals surface area contributed by atoms with Crippen molar-refractivity contribution in [2.24, 2.45) is 0 Å². The van der Waals surface area contributed by atoms with Gasteiger partial charge in [0.15, 0.2) is 0 Å². The molecule has 0 fully saturated rings. The molecule has 0 amide bonds. The largest absolute Gasteiger partial charge is 0.320 e. The van der Waals surface area contributed by atoms with Gasteiger partial charge in [-0.2, -0.15) is 0 Å². The van der Waals surface area contributed by atoms with Gasteiger partial charge < -0.3 is 4.57 Å². The van der Waals surface area contributed by atoms with Crippen LogP contribution in [-0.4, -0.2) is 4.57 Å². The molecule has 0 bridgehead atoms. The zero-order valence-corrected chi connectivity index (χ0v) is 2.68. The summed E-state index contributed by atoms with van der Waals surface area (Å²) in [6, 6.07) is 2.08. The minimum atomic E-state index is 1.38. The van der Waals surface area contributed by atoms with Crippen LogP contribution in [-0.2, 0) is 0 Å². The van der Waals surface area contributed by atoms with Gasteiger partial charge in [-0.3, -0.25) is 0 Å². The van der Waals surface area contributed by atoms with Crippen LogP contribution in [0.1, 0.15) is 0 Å².